The van der Waals surface area contributed by atoms with Crippen molar-refractivity contribution in [3.05, 3.63) is 28.2 Å². The molecular weight excluding hydrogens is 258 g/mol. The average molecular weight is 272 g/mol. The van der Waals surface area contributed by atoms with Crippen molar-refractivity contribution >= 4 is 15.9 Å². The van der Waals surface area contributed by atoms with E-state index in [1.165, 1.54) is 0 Å². The second-order valence-corrected chi connectivity index (χ2v) is 4.97. The van der Waals surface area contributed by atoms with Gasteiger partial charge in [0, 0.05) is 10.0 Å². The van der Waals surface area contributed by atoms with Gasteiger partial charge in [0.2, 0.25) is 0 Å². The van der Waals surface area contributed by atoms with E-state index in [0.717, 1.165) is 17.3 Å². The summed E-state index contributed by atoms with van der Waals surface area (Å²) in [5.74, 6) is 0.444. The van der Waals surface area contributed by atoms with Crippen LogP contribution in [0.25, 0.3) is 0 Å². The first-order valence-corrected chi connectivity index (χ1v) is 5.81. The van der Waals surface area contributed by atoms with E-state index in [1.807, 2.05) is 6.07 Å². The molecule has 15 heavy (non-hydrogen) atoms. The highest BCUT2D eigenvalue weighted by Gasteiger charge is 2.35. The molecular formula is C11H14BrNO2. The maximum absolute atomic E-state index is 9.86. The molecule has 4 N–H and O–H groups in total. The third-order valence-electron chi connectivity index (χ3n) is 2.82. The fourth-order valence-electron chi connectivity index (χ4n) is 1.71. The third-order valence-corrected chi connectivity index (χ3v) is 3.32. The number of aliphatic hydroxyl groups is 1. The Morgan fingerprint density at radius 3 is 2.60 bits per heavy atom. The lowest BCUT2D eigenvalue weighted by Gasteiger charge is -2.19. The van der Waals surface area contributed by atoms with Crippen molar-refractivity contribution in [3.63, 3.8) is 0 Å². The number of rotatable bonds is 3. The molecule has 82 valence electrons. The third kappa shape index (κ3) is 2.33. The first-order chi connectivity index (χ1) is 7.09. The minimum absolute atomic E-state index is 0.136. The highest BCUT2D eigenvalue weighted by molar-refractivity contribution is 9.10. The van der Waals surface area contributed by atoms with Gasteiger partial charge in [0.1, 0.15) is 5.75 Å². The van der Waals surface area contributed by atoms with Gasteiger partial charge in [-0.2, -0.15) is 0 Å². The van der Waals surface area contributed by atoms with Crippen LogP contribution in [0.15, 0.2) is 22.7 Å². The molecule has 0 heterocycles. The number of phenols is 1. The smallest absolute Gasteiger partial charge is 0.121 e. The van der Waals surface area contributed by atoms with Crippen molar-refractivity contribution in [1.29, 1.82) is 0 Å². The second-order valence-electron chi connectivity index (χ2n) is 4.06. The SMILES string of the molecule is N[C@@H](c1ccc(Br)cc1O)[C@H](O)C1CC1. The first-order valence-electron chi connectivity index (χ1n) is 5.01. The van der Waals surface area contributed by atoms with Gasteiger partial charge in [-0.3, -0.25) is 0 Å². The average Bonchev–Trinajstić information content (AvgIpc) is 2.99. The summed E-state index contributed by atoms with van der Waals surface area (Å²) in [6.45, 7) is 0. The van der Waals surface area contributed by atoms with Crippen molar-refractivity contribution in [2.24, 2.45) is 11.7 Å². The summed E-state index contributed by atoms with van der Waals surface area (Å²) >= 11 is 3.26. The molecule has 1 aromatic carbocycles. The van der Waals surface area contributed by atoms with Gasteiger partial charge in [0.05, 0.1) is 12.1 Å². The Labute approximate surface area is 97.0 Å². The number of nitrogens with two attached hydrogens (primary N) is 1. The van der Waals surface area contributed by atoms with Gasteiger partial charge in [-0.15, -0.1) is 0 Å². The Morgan fingerprint density at radius 1 is 1.40 bits per heavy atom. The van der Waals surface area contributed by atoms with Gasteiger partial charge in [0.15, 0.2) is 0 Å². The van der Waals surface area contributed by atoms with Crippen LogP contribution in [0.4, 0.5) is 0 Å². The van der Waals surface area contributed by atoms with Crippen molar-refractivity contribution in [1.82, 2.24) is 0 Å². The lowest BCUT2D eigenvalue weighted by Crippen LogP contribution is -2.27. The van der Waals surface area contributed by atoms with E-state index in [4.69, 9.17) is 5.73 Å². The van der Waals surface area contributed by atoms with Gasteiger partial charge in [-0.1, -0.05) is 22.0 Å². The number of phenolic OH excluding ortho intramolecular Hbond substituents is 1. The Morgan fingerprint density at radius 2 is 2.07 bits per heavy atom. The zero-order valence-corrected chi connectivity index (χ0v) is 9.81. The molecule has 0 radical (unpaired) electrons. The summed E-state index contributed by atoms with van der Waals surface area (Å²) in [5, 5.41) is 19.5. The number of benzene rings is 1. The molecule has 0 aromatic heterocycles. The van der Waals surface area contributed by atoms with Crippen molar-refractivity contribution in [2.75, 3.05) is 0 Å². The van der Waals surface area contributed by atoms with Crippen molar-refractivity contribution in [2.45, 2.75) is 25.0 Å². The van der Waals surface area contributed by atoms with Crippen LogP contribution in [0, 0.1) is 5.92 Å². The van der Waals surface area contributed by atoms with Crippen LogP contribution in [0.3, 0.4) is 0 Å². The molecule has 0 spiro atoms. The number of aliphatic hydroxyl groups excluding tert-OH is 1. The van der Waals surface area contributed by atoms with Gasteiger partial charge >= 0.3 is 0 Å². The van der Waals surface area contributed by atoms with Crippen LogP contribution < -0.4 is 5.73 Å². The molecule has 0 unspecified atom stereocenters. The second kappa shape index (κ2) is 4.12. The molecule has 4 heteroatoms. The van der Waals surface area contributed by atoms with E-state index in [2.05, 4.69) is 15.9 Å². The molecule has 0 aliphatic heterocycles. The Hall–Kier alpha value is -0.580. The molecule has 0 saturated heterocycles. The van der Waals surface area contributed by atoms with E-state index in [-0.39, 0.29) is 5.75 Å². The van der Waals surface area contributed by atoms with Gasteiger partial charge in [-0.05, 0) is 30.9 Å². The predicted molar refractivity (Wildman–Crippen MR) is 61.5 cm³/mol. The molecule has 1 saturated carbocycles. The molecule has 1 aliphatic rings. The van der Waals surface area contributed by atoms with Gasteiger partial charge in [-0.25, -0.2) is 0 Å². The zero-order chi connectivity index (χ0) is 11.0. The highest BCUT2D eigenvalue weighted by Crippen LogP contribution is 2.39. The molecule has 1 fully saturated rings. The van der Waals surface area contributed by atoms with Crippen LogP contribution in [-0.4, -0.2) is 16.3 Å². The van der Waals surface area contributed by atoms with E-state index >= 15 is 0 Å². The normalized spacial score (nSPS) is 19.9. The number of aromatic hydroxyl groups is 1. The van der Waals surface area contributed by atoms with Crippen LogP contribution in [0.5, 0.6) is 5.75 Å². The lowest BCUT2D eigenvalue weighted by molar-refractivity contribution is 0.121. The maximum Gasteiger partial charge on any atom is 0.121 e. The van der Waals surface area contributed by atoms with Gasteiger partial charge < -0.3 is 15.9 Å². The van der Waals surface area contributed by atoms with E-state index < -0.39 is 12.1 Å². The molecule has 0 bridgehead atoms. The lowest BCUT2D eigenvalue weighted by atomic mass is 9.98. The van der Waals surface area contributed by atoms with E-state index in [1.54, 1.807) is 12.1 Å². The summed E-state index contributed by atoms with van der Waals surface area (Å²) < 4.78 is 0.803. The minimum atomic E-state index is -0.544. The molecule has 3 nitrogen and oxygen atoms in total. The summed E-state index contributed by atoms with van der Waals surface area (Å²) in [5.41, 5.74) is 6.51. The Balaban J connectivity index is 2.20. The highest BCUT2D eigenvalue weighted by atomic mass is 79.9. The first kappa shape index (κ1) is 10.9. The molecule has 0 amide bonds. The summed E-state index contributed by atoms with van der Waals surface area (Å²) in [4.78, 5) is 0. The minimum Gasteiger partial charge on any atom is -0.508 e. The summed E-state index contributed by atoms with van der Waals surface area (Å²) in [6, 6.07) is 4.66. The molecule has 2 rings (SSSR count). The number of halogens is 1. The van der Waals surface area contributed by atoms with E-state index in [0.29, 0.717) is 11.5 Å². The predicted octanol–water partition coefficient (Wildman–Crippen LogP) is 1.93. The van der Waals surface area contributed by atoms with Crippen LogP contribution >= 0.6 is 15.9 Å². The molecule has 1 aromatic rings. The summed E-state index contributed by atoms with van der Waals surface area (Å²) in [7, 11) is 0. The number of hydrogen-bond acceptors (Lipinski definition) is 3. The largest absolute Gasteiger partial charge is 0.508 e. The van der Waals surface area contributed by atoms with Crippen molar-refractivity contribution < 1.29 is 10.2 Å². The fraction of sp³-hybridized carbons (Fsp3) is 0.455. The monoisotopic (exact) mass is 271 g/mol. The van der Waals surface area contributed by atoms with Crippen molar-refractivity contribution in [3.8, 4) is 5.75 Å². The summed E-state index contributed by atoms with van der Waals surface area (Å²) in [6.07, 6.45) is 1.52. The molecule has 2 atom stereocenters. The standard InChI is InChI=1S/C11H14BrNO2/c12-7-3-4-8(9(14)5-7)10(13)11(15)6-1-2-6/h3-6,10-11,14-15H,1-2,13H2/t10-,11+/m0/s1. The zero-order valence-electron chi connectivity index (χ0n) is 8.23. The van der Waals surface area contributed by atoms with Gasteiger partial charge in [0.25, 0.3) is 0 Å². The van der Waals surface area contributed by atoms with Crippen LogP contribution in [0.1, 0.15) is 24.4 Å². The fourth-order valence-corrected chi connectivity index (χ4v) is 2.06. The maximum atomic E-state index is 9.86. The van der Waals surface area contributed by atoms with E-state index in [9.17, 15) is 10.2 Å². The number of hydrogen-bond donors (Lipinski definition) is 3. The molecule has 1 aliphatic carbocycles. The van der Waals surface area contributed by atoms with Crippen LogP contribution in [-0.2, 0) is 0 Å². The van der Waals surface area contributed by atoms with Crippen LogP contribution in [0.2, 0.25) is 0 Å². The topological polar surface area (TPSA) is 66.5 Å². The Kier molecular flexibility index (Phi) is 3.00. The quantitative estimate of drug-likeness (QED) is 0.787. The Bertz CT molecular complexity index is 366.